The zero-order valence-corrected chi connectivity index (χ0v) is 18.2. The molecule has 0 aliphatic heterocycles. The van der Waals surface area contributed by atoms with Gasteiger partial charge in [-0.1, -0.05) is 6.42 Å². The van der Waals surface area contributed by atoms with E-state index in [1.165, 1.54) is 0 Å². The van der Waals surface area contributed by atoms with Crippen LogP contribution in [0.4, 0.5) is 0 Å². The van der Waals surface area contributed by atoms with E-state index in [-0.39, 0.29) is 6.42 Å². The fraction of sp³-hybridized carbons (Fsp3) is 0.611. The molecule has 4 atom stereocenters. The molecular formula is C18H30N6O10. The highest BCUT2D eigenvalue weighted by Gasteiger charge is 2.32. The molecular weight excluding hydrogens is 460 g/mol. The first-order valence-corrected chi connectivity index (χ1v) is 10.1. The third-order valence-corrected chi connectivity index (χ3v) is 4.35. The van der Waals surface area contributed by atoms with Crippen molar-refractivity contribution in [3.05, 3.63) is 0 Å². The van der Waals surface area contributed by atoms with Gasteiger partial charge in [0.25, 0.3) is 0 Å². The first kappa shape index (κ1) is 30.2. The number of nitrogens with two attached hydrogens (primary N) is 3. The molecule has 0 saturated carbocycles. The topological polar surface area (TPSA) is 294 Å². The van der Waals surface area contributed by atoms with Gasteiger partial charge in [-0.2, -0.15) is 0 Å². The van der Waals surface area contributed by atoms with Gasteiger partial charge in [-0.15, -0.1) is 0 Å². The van der Waals surface area contributed by atoms with Crippen molar-refractivity contribution in [2.24, 2.45) is 17.2 Å². The Morgan fingerprint density at radius 3 is 1.50 bits per heavy atom. The minimum atomic E-state index is -1.87. The van der Waals surface area contributed by atoms with E-state index in [1.54, 1.807) is 0 Å². The normalized spacial score (nSPS) is 14.1. The van der Waals surface area contributed by atoms with Gasteiger partial charge < -0.3 is 48.5 Å². The second-order valence-corrected chi connectivity index (χ2v) is 7.28. The number of carbonyl (C=O) groups is 7. The van der Waals surface area contributed by atoms with Gasteiger partial charge in [0.2, 0.25) is 23.6 Å². The molecule has 192 valence electrons. The summed E-state index contributed by atoms with van der Waals surface area (Å²) in [7, 11) is 0. The van der Waals surface area contributed by atoms with Gasteiger partial charge in [-0.05, 0) is 19.4 Å². The maximum absolute atomic E-state index is 12.6. The third-order valence-electron chi connectivity index (χ3n) is 4.35. The standard InChI is InChI=1S/C18H30N6O10/c19-4-2-1-3-8(20)15(30)22-9(6-13(26)27)16(31)23-10(7-14(28)29)17(32)24-11(18(33)34)5-12(21)25/h8-11H,1-7,19-20H2,(H2,21,25)(H,22,30)(H,23,31)(H,24,32)(H,26,27)(H,28,29)(H,33,34). The van der Waals surface area contributed by atoms with Crippen LogP contribution in [0.3, 0.4) is 0 Å². The highest BCUT2D eigenvalue weighted by Crippen LogP contribution is 2.03. The number of amides is 4. The Morgan fingerprint density at radius 2 is 1.12 bits per heavy atom. The molecule has 0 rings (SSSR count). The second kappa shape index (κ2) is 15.1. The predicted molar refractivity (Wildman–Crippen MR) is 113 cm³/mol. The molecule has 0 radical (unpaired) electrons. The summed E-state index contributed by atoms with van der Waals surface area (Å²) in [5.74, 6) is -9.15. The number of hydrogen-bond acceptors (Lipinski definition) is 9. The van der Waals surface area contributed by atoms with E-state index >= 15 is 0 Å². The molecule has 0 aromatic carbocycles. The molecule has 16 heteroatoms. The lowest BCUT2D eigenvalue weighted by atomic mass is 10.1. The van der Waals surface area contributed by atoms with Crippen LogP contribution in [0.2, 0.25) is 0 Å². The van der Waals surface area contributed by atoms with Crippen LogP contribution < -0.4 is 33.2 Å². The molecule has 34 heavy (non-hydrogen) atoms. The number of rotatable bonds is 17. The minimum absolute atomic E-state index is 0.199. The molecule has 0 aromatic rings. The van der Waals surface area contributed by atoms with Crippen LogP contribution in [-0.2, 0) is 33.6 Å². The Labute approximate surface area is 193 Å². The number of carboxylic acid groups (broad SMARTS) is 3. The number of aliphatic carboxylic acids is 3. The minimum Gasteiger partial charge on any atom is -0.481 e. The monoisotopic (exact) mass is 490 g/mol. The summed E-state index contributed by atoms with van der Waals surface area (Å²) >= 11 is 0. The smallest absolute Gasteiger partial charge is 0.326 e. The van der Waals surface area contributed by atoms with Gasteiger partial charge in [0.05, 0.1) is 25.3 Å². The molecule has 0 spiro atoms. The summed E-state index contributed by atoms with van der Waals surface area (Å²) in [5.41, 5.74) is 16.0. The maximum atomic E-state index is 12.6. The van der Waals surface area contributed by atoms with Crippen LogP contribution in [0.1, 0.15) is 38.5 Å². The summed E-state index contributed by atoms with van der Waals surface area (Å²) < 4.78 is 0. The van der Waals surface area contributed by atoms with Crippen LogP contribution in [0.25, 0.3) is 0 Å². The van der Waals surface area contributed by atoms with Crippen LogP contribution in [0.5, 0.6) is 0 Å². The van der Waals surface area contributed by atoms with Crippen molar-refractivity contribution in [1.29, 1.82) is 0 Å². The highest BCUT2D eigenvalue weighted by atomic mass is 16.4. The Hall–Kier alpha value is -3.79. The highest BCUT2D eigenvalue weighted by molar-refractivity contribution is 5.97. The third kappa shape index (κ3) is 12.3. The lowest BCUT2D eigenvalue weighted by Crippen LogP contribution is -2.58. The van der Waals surface area contributed by atoms with Crippen LogP contribution >= 0.6 is 0 Å². The second-order valence-electron chi connectivity index (χ2n) is 7.28. The van der Waals surface area contributed by atoms with E-state index in [1.807, 2.05) is 10.6 Å². The summed E-state index contributed by atoms with van der Waals surface area (Å²) in [4.78, 5) is 81.6. The zero-order valence-electron chi connectivity index (χ0n) is 18.2. The lowest BCUT2D eigenvalue weighted by molar-refractivity contribution is -0.145. The van der Waals surface area contributed by atoms with Crippen molar-refractivity contribution >= 4 is 41.5 Å². The number of primary amides is 1. The number of carbonyl (C=O) groups excluding carboxylic acids is 4. The molecule has 12 N–H and O–H groups in total. The van der Waals surface area contributed by atoms with E-state index in [9.17, 15) is 33.6 Å². The lowest BCUT2D eigenvalue weighted by Gasteiger charge is -2.23. The van der Waals surface area contributed by atoms with Crippen LogP contribution in [-0.4, -0.2) is 87.6 Å². The maximum Gasteiger partial charge on any atom is 0.326 e. The van der Waals surface area contributed by atoms with Crippen LogP contribution in [0, 0.1) is 0 Å². The Kier molecular flexibility index (Phi) is 13.4. The first-order valence-electron chi connectivity index (χ1n) is 10.1. The van der Waals surface area contributed by atoms with E-state index in [2.05, 4.69) is 5.32 Å². The Morgan fingerprint density at radius 1 is 0.676 bits per heavy atom. The van der Waals surface area contributed by atoms with Crippen molar-refractivity contribution < 1.29 is 48.9 Å². The fourth-order valence-corrected chi connectivity index (χ4v) is 2.63. The van der Waals surface area contributed by atoms with Crippen molar-refractivity contribution in [2.45, 2.75) is 62.7 Å². The summed E-state index contributed by atoms with van der Waals surface area (Å²) in [6.07, 6.45) is -1.48. The molecule has 0 saturated heterocycles. The first-order chi connectivity index (χ1) is 15.8. The molecule has 0 aliphatic rings. The fourth-order valence-electron chi connectivity index (χ4n) is 2.63. The van der Waals surface area contributed by atoms with Crippen molar-refractivity contribution in [2.75, 3.05) is 6.54 Å². The van der Waals surface area contributed by atoms with Gasteiger partial charge in [0.1, 0.15) is 18.1 Å². The molecule has 0 aromatic heterocycles. The molecule has 0 aliphatic carbocycles. The molecule has 0 heterocycles. The quantitative estimate of drug-likeness (QED) is 0.0877. The molecule has 0 bridgehead atoms. The number of carboxylic acids is 3. The summed E-state index contributed by atoms with van der Waals surface area (Å²) in [5, 5.41) is 33.1. The van der Waals surface area contributed by atoms with Gasteiger partial charge in [0, 0.05) is 0 Å². The molecule has 0 fully saturated rings. The number of unbranched alkanes of at least 4 members (excludes halogenated alkanes) is 1. The Balaban J connectivity index is 5.48. The van der Waals surface area contributed by atoms with E-state index in [0.717, 1.165) is 0 Å². The van der Waals surface area contributed by atoms with Gasteiger partial charge in [-0.3, -0.25) is 28.8 Å². The number of hydrogen-bond donors (Lipinski definition) is 9. The average molecular weight is 490 g/mol. The van der Waals surface area contributed by atoms with Gasteiger partial charge in [-0.25, -0.2) is 4.79 Å². The number of nitrogens with one attached hydrogen (secondary N) is 3. The van der Waals surface area contributed by atoms with Crippen molar-refractivity contribution in [3.8, 4) is 0 Å². The van der Waals surface area contributed by atoms with Gasteiger partial charge >= 0.3 is 17.9 Å². The van der Waals surface area contributed by atoms with E-state index in [0.29, 0.717) is 19.4 Å². The average Bonchev–Trinajstić information content (AvgIpc) is 2.71. The molecule has 4 unspecified atom stereocenters. The largest absolute Gasteiger partial charge is 0.481 e. The summed E-state index contributed by atoms with van der Waals surface area (Å²) in [6, 6.07) is -6.49. The molecule has 16 nitrogen and oxygen atoms in total. The predicted octanol–water partition coefficient (Wildman–Crippen LogP) is -4.19. The SMILES string of the molecule is NCCCCC(N)C(=O)NC(CC(=O)O)C(=O)NC(CC(=O)O)C(=O)NC(CC(N)=O)C(=O)O. The van der Waals surface area contributed by atoms with Crippen molar-refractivity contribution in [3.63, 3.8) is 0 Å². The zero-order chi connectivity index (χ0) is 26.4. The summed E-state index contributed by atoms with van der Waals surface area (Å²) in [6.45, 7) is 0.369. The van der Waals surface area contributed by atoms with Gasteiger partial charge in [0.15, 0.2) is 0 Å². The molecule has 4 amide bonds. The van der Waals surface area contributed by atoms with Crippen molar-refractivity contribution in [1.82, 2.24) is 16.0 Å². The van der Waals surface area contributed by atoms with E-state index < -0.39 is 85.0 Å². The van der Waals surface area contributed by atoms with E-state index in [4.69, 9.17) is 32.5 Å². The Bertz CT molecular complexity index is 789. The van der Waals surface area contributed by atoms with Crippen LogP contribution in [0.15, 0.2) is 0 Å².